The highest BCUT2D eigenvalue weighted by Gasteiger charge is 2.14. The van der Waals surface area contributed by atoms with Crippen LogP contribution in [-0.2, 0) is 5.75 Å². The first-order valence-electron chi connectivity index (χ1n) is 5.19. The molecule has 2 rings (SSSR count). The first kappa shape index (κ1) is 12.6. The van der Waals surface area contributed by atoms with Gasteiger partial charge in [0.1, 0.15) is 12.1 Å². The van der Waals surface area contributed by atoms with Crippen molar-refractivity contribution >= 4 is 17.7 Å². The van der Waals surface area contributed by atoms with Crippen molar-refractivity contribution in [1.82, 2.24) is 15.4 Å². The third-order valence-electron chi connectivity index (χ3n) is 2.22. The molecule has 2 aromatic heterocycles. The molecule has 0 fully saturated rings. The van der Waals surface area contributed by atoms with E-state index in [0.29, 0.717) is 11.5 Å². The van der Waals surface area contributed by atoms with Crippen molar-refractivity contribution in [2.24, 2.45) is 5.84 Å². The molecule has 0 aliphatic carbocycles. The molecule has 3 N–H and O–H groups in total. The number of hydrazine groups is 1. The zero-order valence-electron chi connectivity index (χ0n) is 9.71. The molecule has 6 nitrogen and oxygen atoms in total. The molecule has 18 heavy (non-hydrogen) atoms. The lowest BCUT2D eigenvalue weighted by Gasteiger charge is -1.97. The summed E-state index contributed by atoms with van der Waals surface area (Å²) in [4.78, 5) is 19.3. The van der Waals surface area contributed by atoms with Gasteiger partial charge in [-0.2, -0.15) is 0 Å². The molecular formula is C11H12N4O2S. The molecular weight excluding hydrogens is 252 g/mol. The number of nitrogens with one attached hydrogen (secondary N) is 1. The number of aromatic nitrogens is 2. The van der Waals surface area contributed by atoms with Crippen LogP contribution in [0.25, 0.3) is 0 Å². The average molecular weight is 264 g/mol. The number of hydrogen-bond acceptors (Lipinski definition) is 6. The van der Waals surface area contributed by atoms with Crippen LogP contribution in [-0.4, -0.2) is 15.9 Å². The largest absolute Gasteiger partial charge is 0.455 e. The summed E-state index contributed by atoms with van der Waals surface area (Å²) in [6, 6.07) is 3.63. The molecule has 0 bridgehead atoms. The van der Waals surface area contributed by atoms with Crippen molar-refractivity contribution < 1.29 is 9.21 Å². The molecule has 0 aliphatic heterocycles. The minimum absolute atomic E-state index is 0.246. The zero-order valence-corrected chi connectivity index (χ0v) is 10.5. The molecule has 7 heteroatoms. The third kappa shape index (κ3) is 2.88. The Balaban J connectivity index is 2.05. The highest BCUT2D eigenvalue weighted by Crippen LogP contribution is 2.23. The molecule has 0 aliphatic rings. The Morgan fingerprint density at radius 3 is 3.11 bits per heavy atom. The summed E-state index contributed by atoms with van der Waals surface area (Å²) in [5.41, 5.74) is 2.81. The fourth-order valence-electron chi connectivity index (χ4n) is 1.42. The Morgan fingerprint density at radius 1 is 1.61 bits per heavy atom. The van der Waals surface area contributed by atoms with E-state index >= 15 is 0 Å². The van der Waals surface area contributed by atoms with Gasteiger partial charge in [-0.1, -0.05) is 11.8 Å². The summed E-state index contributed by atoms with van der Waals surface area (Å²) in [5, 5.41) is 0.851. The van der Waals surface area contributed by atoms with Gasteiger partial charge in [0.25, 0.3) is 0 Å². The second-order valence-corrected chi connectivity index (χ2v) is 4.53. The number of thioether (sulfide) groups is 1. The van der Waals surface area contributed by atoms with Gasteiger partial charge in [-0.15, -0.1) is 0 Å². The van der Waals surface area contributed by atoms with E-state index in [1.165, 1.54) is 18.1 Å². The maximum atomic E-state index is 11.4. The van der Waals surface area contributed by atoms with Crippen molar-refractivity contribution in [1.29, 1.82) is 0 Å². The van der Waals surface area contributed by atoms with Gasteiger partial charge >= 0.3 is 5.91 Å². The van der Waals surface area contributed by atoms with Crippen LogP contribution in [0.3, 0.4) is 0 Å². The van der Waals surface area contributed by atoms with Gasteiger partial charge in [-0.05, 0) is 19.1 Å². The highest BCUT2D eigenvalue weighted by molar-refractivity contribution is 7.98. The molecule has 0 spiro atoms. The number of carbonyl (C=O) groups is 1. The number of rotatable bonds is 4. The SMILES string of the molecule is Cc1cc(CSc2ccncn2)oc1C(=O)NN. The second kappa shape index (κ2) is 5.65. The van der Waals surface area contributed by atoms with Crippen LogP contribution < -0.4 is 11.3 Å². The van der Waals surface area contributed by atoms with E-state index in [4.69, 9.17) is 10.3 Å². The molecule has 94 valence electrons. The standard InChI is InChI=1S/C11H12N4O2S/c1-7-4-8(17-10(7)11(16)15-12)5-18-9-2-3-13-6-14-9/h2-4,6H,5,12H2,1H3,(H,15,16). The lowest BCUT2D eigenvalue weighted by atomic mass is 10.2. The van der Waals surface area contributed by atoms with E-state index in [9.17, 15) is 4.79 Å². The van der Waals surface area contributed by atoms with Gasteiger partial charge in [0, 0.05) is 11.8 Å². The predicted molar refractivity (Wildman–Crippen MR) is 66.7 cm³/mol. The summed E-state index contributed by atoms with van der Waals surface area (Å²) in [6.07, 6.45) is 3.17. The predicted octanol–water partition coefficient (Wildman–Crippen LogP) is 1.27. The van der Waals surface area contributed by atoms with Crippen LogP contribution in [0, 0.1) is 6.92 Å². The topological polar surface area (TPSA) is 94.0 Å². The van der Waals surface area contributed by atoms with E-state index < -0.39 is 5.91 Å². The van der Waals surface area contributed by atoms with E-state index in [1.54, 1.807) is 13.1 Å². The van der Waals surface area contributed by atoms with Gasteiger partial charge in [0.2, 0.25) is 0 Å². The maximum absolute atomic E-state index is 11.4. The van der Waals surface area contributed by atoms with E-state index in [1.807, 2.05) is 17.6 Å². The molecule has 2 aromatic rings. The lowest BCUT2D eigenvalue weighted by molar-refractivity contribution is 0.0923. The summed E-state index contributed by atoms with van der Waals surface area (Å²) in [5.74, 6) is 6.18. The van der Waals surface area contributed by atoms with Gasteiger partial charge in [-0.25, -0.2) is 15.8 Å². The first-order valence-corrected chi connectivity index (χ1v) is 6.18. The Labute approximate surface area is 108 Å². The van der Waals surface area contributed by atoms with Crippen LogP contribution in [0.5, 0.6) is 0 Å². The van der Waals surface area contributed by atoms with Gasteiger partial charge in [0.05, 0.1) is 10.8 Å². The number of carbonyl (C=O) groups excluding carboxylic acids is 1. The minimum atomic E-state index is -0.425. The number of amides is 1. The van der Waals surface area contributed by atoms with E-state index in [2.05, 4.69) is 9.97 Å². The van der Waals surface area contributed by atoms with Gasteiger partial charge in [-0.3, -0.25) is 10.2 Å². The van der Waals surface area contributed by atoms with Crippen LogP contribution >= 0.6 is 11.8 Å². The first-order chi connectivity index (χ1) is 8.70. The summed E-state index contributed by atoms with van der Waals surface area (Å²) in [7, 11) is 0. The smallest absolute Gasteiger partial charge is 0.301 e. The highest BCUT2D eigenvalue weighted by atomic mass is 32.2. The van der Waals surface area contributed by atoms with Crippen LogP contribution in [0.4, 0.5) is 0 Å². The number of aryl methyl sites for hydroxylation is 1. The second-order valence-electron chi connectivity index (χ2n) is 3.53. The number of nitrogen functional groups attached to an aromatic ring is 1. The lowest BCUT2D eigenvalue weighted by Crippen LogP contribution is -2.30. The molecule has 0 aromatic carbocycles. The Bertz CT molecular complexity index is 541. The average Bonchev–Trinajstić information content (AvgIpc) is 2.78. The van der Waals surface area contributed by atoms with Gasteiger partial charge < -0.3 is 4.42 Å². The molecule has 0 radical (unpaired) electrons. The van der Waals surface area contributed by atoms with Gasteiger partial charge in [0.15, 0.2) is 5.76 Å². The van der Waals surface area contributed by atoms with Crippen LogP contribution in [0.2, 0.25) is 0 Å². The molecule has 1 amide bonds. The maximum Gasteiger partial charge on any atom is 0.301 e. The molecule has 0 saturated heterocycles. The zero-order chi connectivity index (χ0) is 13.0. The fourth-order valence-corrected chi connectivity index (χ4v) is 2.13. The van der Waals surface area contributed by atoms with Crippen molar-refractivity contribution in [3.8, 4) is 0 Å². The third-order valence-corrected chi connectivity index (χ3v) is 3.19. The number of nitrogens with zero attached hydrogens (tertiary/aromatic N) is 2. The van der Waals surface area contributed by atoms with E-state index in [0.717, 1.165) is 10.6 Å². The molecule has 0 unspecified atom stereocenters. The van der Waals surface area contributed by atoms with Crippen molar-refractivity contribution in [3.05, 3.63) is 41.7 Å². The normalized spacial score (nSPS) is 10.3. The van der Waals surface area contributed by atoms with E-state index in [-0.39, 0.29) is 5.76 Å². The number of furan rings is 1. The Kier molecular flexibility index (Phi) is 3.96. The Morgan fingerprint density at radius 2 is 2.44 bits per heavy atom. The summed E-state index contributed by atoms with van der Waals surface area (Å²) < 4.78 is 5.43. The quantitative estimate of drug-likeness (QED) is 0.284. The van der Waals surface area contributed by atoms with Crippen molar-refractivity contribution in [2.75, 3.05) is 0 Å². The molecule has 2 heterocycles. The van der Waals surface area contributed by atoms with Crippen molar-refractivity contribution in [2.45, 2.75) is 17.7 Å². The Hall–Kier alpha value is -1.86. The van der Waals surface area contributed by atoms with Crippen molar-refractivity contribution in [3.63, 3.8) is 0 Å². The number of hydrogen-bond donors (Lipinski definition) is 2. The van der Waals surface area contributed by atoms with Crippen LogP contribution in [0.1, 0.15) is 21.9 Å². The van der Waals surface area contributed by atoms with Crippen LogP contribution in [0.15, 0.2) is 34.1 Å². The minimum Gasteiger partial charge on any atom is -0.455 e. The fraction of sp³-hybridized carbons (Fsp3) is 0.182. The summed E-state index contributed by atoms with van der Waals surface area (Å²) in [6.45, 7) is 1.80. The monoisotopic (exact) mass is 264 g/mol. The summed E-state index contributed by atoms with van der Waals surface area (Å²) >= 11 is 1.51. The molecule has 0 atom stereocenters. The molecule has 0 saturated carbocycles. The number of nitrogens with two attached hydrogens (primary N) is 1.